The smallest absolute Gasteiger partial charge is 0.404 e. The van der Waals surface area contributed by atoms with Crippen LogP contribution < -0.4 is 11.1 Å². The van der Waals surface area contributed by atoms with Gasteiger partial charge in [0.1, 0.15) is 0 Å². The average molecular weight is 519 g/mol. The quantitative estimate of drug-likeness (QED) is 0.257. The molecule has 37 heavy (non-hydrogen) atoms. The molecule has 4 aliphatic carbocycles. The summed E-state index contributed by atoms with van der Waals surface area (Å²) in [5, 5.41) is 3.76. The van der Waals surface area contributed by atoms with E-state index in [0.717, 1.165) is 55.5 Å². The lowest BCUT2D eigenvalue weighted by atomic mass is 9.44. The normalized spacial score (nSPS) is 43.6. The summed E-state index contributed by atoms with van der Waals surface area (Å²) in [7, 11) is 0. The van der Waals surface area contributed by atoms with Gasteiger partial charge in [-0.25, -0.2) is 4.79 Å². The minimum Gasteiger partial charge on any atom is -0.449 e. The van der Waals surface area contributed by atoms with E-state index in [1.165, 1.54) is 51.4 Å². The summed E-state index contributed by atoms with van der Waals surface area (Å²) in [5.74, 6) is 4.44. The van der Waals surface area contributed by atoms with Crippen LogP contribution in [0.2, 0.25) is 0 Å². The van der Waals surface area contributed by atoms with Crippen molar-refractivity contribution in [3.05, 3.63) is 0 Å². The number of nitrogens with one attached hydrogen (secondary N) is 1. The van der Waals surface area contributed by atoms with Crippen LogP contribution in [-0.4, -0.2) is 32.1 Å². The molecule has 0 saturated heterocycles. The van der Waals surface area contributed by atoms with E-state index in [2.05, 4.69) is 53.8 Å². The van der Waals surface area contributed by atoms with E-state index in [9.17, 15) is 4.79 Å². The van der Waals surface area contributed by atoms with E-state index >= 15 is 0 Å². The summed E-state index contributed by atoms with van der Waals surface area (Å²) in [5.41, 5.74) is 6.17. The van der Waals surface area contributed by atoms with Crippen LogP contribution in [0, 0.1) is 51.2 Å². The number of fused-ring (bicyclic) bond motifs is 3. The molecule has 0 bridgehead atoms. The molecule has 8 unspecified atom stereocenters. The minimum atomic E-state index is -0.673. The molecule has 4 fully saturated rings. The Bertz CT molecular complexity index is 799. The maximum Gasteiger partial charge on any atom is 0.404 e. The molecule has 0 aromatic rings. The fraction of sp³-hybridized carbons (Fsp3) is 0.969. The monoisotopic (exact) mass is 518 g/mol. The second-order valence-corrected chi connectivity index (χ2v) is 15.7. The van der Waals surface area contributed by atoms with E-state index in [4.69, 9.17) is 15.2 Å². The second kappa shape index (κ2) is 11.0. The number of carbonyl (C=O) groups excluding carboxylic acids is 1. The summed E-state index contributed by atoms with van der Waals surface area (Å²) in [6.07, 6.45) is 13.7. The summed E-state index contributed by atoms with van der Waals surface area (Å²) in [6, 6.07) is 0.332. The zero-order valence-electron chi connectivity index (χ0n) is 25.2. The molecule has 8 atom stereocenters. The van der Waals surface area contributed by atoms with Gasteiger partial charge in [-0.05, 0) is 110 Å². The van der Waals surface area contributed by atoms with Gasteiger partial charge in [0, 0.05) is 11.5 Å². The molecule has 4 aliphatic rings. The van der Waals surface area contributed by atoms with Gasteiger partial charge in [-0.2, -0.15) is 0 Å². The molecular formula is C32H58N2O3. The lowest BCUT2D eigenvalue weighted by molar-refractivity contribution is -0.144. The van der Waals surface area contributed by atoms with Crippen LogP contribution in [-0.2, 0) is 9.47 Å². The summed E-state index contributed by atoms with van der Waals surface area (Å²) in [4.78, 5) is 11.2. The third-order valence-corrected chi connectivity index (χ3v) is 12.2. The van der Waals surface area contributed by atoms with Crippen molar-refractivity contribution >= 4 is 6.09 Å². The van der Waals surface area contributed by atoms with Gasteiger partial charge in [-0.15, -0.1) is 0 Å². The molecular weight excluding hydrogens is 460 g/mol. The fourth-order valence-electron chi connectivity index (χ4n) is 9.62. The maximum absolute atomic E-state index is 11.2. The van der Waals surface area contributed by atoms with Gasteiger partial charge in [0.15, 0.2) is 0 Å². The first-order chi connectivity index (χ1) is 17.3. The molecule has 0 heterocycles. The summed E-state index contributed by atoms with van der Waals surface area (Å²) >= 11 is 0. The zero-order valence-corrected chi connectivity index (χ0v) is 25.2. The molecule has 5 heteroatoms. The van der Waals surface area contributed by atoms with Crippen LogP contribution in [0.1, 0.15) is 119 Å². The number of nitrogens with two attached hydrogens (primary N) is 1. The molecule has 0 aromatic carbocycles. The summed E-state index contributed by atoms with van der Waals surface area (Å²) < 4.78 is 11.7. The first kappa shape index (κ1) is 29.2. The predicted molar refractivity (Wildman–Crippen MR) is 151 cm³/mol. The third kappa shape index (κ3) is 6.18. The van der Waals surface area contributed by atoms with Gasteiger partial charge < -0.3 is 15.2 Å². The average Bonchev–Trinajstić information content (AvgIpc) is 2.82. The number of carbonyl (C=O) groups is 1. The van der Waals surface area contributed by atoms with Crippen LogP contribution in [0.15, 0.2) is 0 Å². The minimum absolute atomic E-state index is 0.0351. The van der Waals surface area contributed by atoms with Gasteiger partial charge >= 0.3 is 6.09 Å². The number of primary amides is 1. The molecule has 0 spiro atoms. The van der Waals surface area contributed by atoms with E-state index in [-0.39, 0.29) is 16.2 Å². The predicted octanol–water partition coefficient (Wildman–Crippen LogP) is 7.53. The fourth-order valence-corrected chi connectivity index (χ4v) is 9.62. The Hall–Kier alpha value is -0.810. The van der Waals surface area contributed by atoms with Crippen LogP contribution in [0.5, 0.6) is 0 Å². The standard InChI is InChI=1S/C32H58N2O3/c1-22(2)23-9-11-25-24(17-23)10-12-26-31(6,13-8-14-32(25,26)7)20-36-21-34-27-18-30(5,19-37-28(33)35)16-15-29(27,3)4/h22-27,34H,8-21H2,1-7H3,(H2,33,35). The summed E-state index contributed by atoms with van der Waals surface area (Å²) in [6.45, 7) is 18.8. The molecule has 0 aliphatic heterocycles. The van der Waals surface area contributed by atoms with E-state index in [1.54, 1.807) is 0 Å². The van der Waals surface area contributed by atoms with Crippen molar-refractivity contribution in [2.45, 2.75) is 125 Å². The topological polar surface area (TPSA) is 73.6 Å². The van der Waals surface area contributed by atoms with Crippen LogP contribution >= 0.6 is 0 Å². The highest BCUT2D eigenvalue weighted by Crippen LogP contribution is 2.64. The van der Waals surface area contributed by atoms with Gasteiger partial charge in [0.05, 0.1) is 19.9 Å². The zero-order chi connectivity index (χ0) is 27.1. The first-order valence-electron chi connectivity index (χ1n) is 15.5. The second-order valence-electron chi connectivity index (χ2n) is 15.7. The highest BCUT2D eigenvalue weighted by Gasteiger charge is 2.57. The number of amides is 1. The SMILES string of the molecule is CC(C)C1CCC2C(CCC3C(C)(COCNC4CC(C)(COC(N)=O)CCC4(C)C)CCCC23C)C1. The Balaban J connectivity index is 1.33. The Morgan fingerprint density at radius 3 is 2.43 bits per heavy atom. The van der Waals surface area contributed by atoms with Crippen LogP contribution in [0.4, 0.5) is 4.79 Å². The van der Waals surface area contributed by atoms with Crippen molar-refractivity contribution in [2.24, 2.45) is 57.0 Å². The van der Waals surface area contributed by atoms with Crippen molar-refractivity contribution in [1.82, 2.24) is 5.32 Å². The molecule has 214 valence electrons. The maximum atomic E-state index is 11.2. The number of hydrogen-bond donors (Lipinski definition) is 2. The van der Waals surface area contributed by atoms with Gasteiger partial charge in [0.2, 0.25) is 0 Å². The Morgan fingerprint density at radius 2 is 1.73 bits per heavy atom. The van der Waals surface area contributed by atoms with Gasteiger partial charge in [0.25, 0.3) is 0 Å². The van der Waals surface area contributed by atoms with Crippen molar-refractivity contribution < 1.29 is 14.3 Å². The van der Waals surface area contributed by atoms with E-state index < -0.39 is 6.09 Å². The number of rotatable bonds is 8. The molecule has 0 aromatic heterocycles. The largest absolute Gasteiger partial charge is 0.449 e. The molecule has 1 amide bonds. The van der Waals surface area contributed by atoms with Crippen LogP contribution in [0.3, 0.4) is 0 Å². The lowest BCUT2D eigenvalue weighted by Gasteiger charge is -2.62. The Labute approximate surface area is 227 Å². The van der Waals surface area contributed by atoms with Crippen molar-refractivity contribution in [2.75, 3.05) is 19.9 Å². The van der Waals surface area contributed by atoms with Crippen molar-refractivity contribution in [3.8, 4) is 0 Å². The van der Waals surface area contributed by atoms with Gasteiger partial charge in [-0.1, -0.05) is 54.9 Å². The highest BCUT2D eigenvalue weighted by molar-refractivity contribution is 5.64. The Kier molecular flexibility index (Phi) is 8.66. The van der Waals surface area contributed by atoms with E-state index in [1.807, 2.05) is 0 Å². The Morgan fingerprint density at radius 1 is 0.973 bits per heavy atom. The van der Waals surface area contributed by atoms with E-state index in [0.29, 0.717) is 24.8 Å². The number of ether oxygens (including phenoxy) is 2. The van der Waals surface area contributed by atoms with Gasteiger partial charge in [-0.3, -0.25) is 5.32 Å². The molecule has 0 radical (unpaired) electrons. The lowest BCUT2D eigenvalue weighted by Crippen LogP contribution is -2.55. The molecule has 3 N–H and O–H groups in total. The van der Waals surface area contributed by atoms with Crippen LogP contribution in [0.25, 0.3) is 0 Å². The van der Waals surface area contributed by atoms with Crippen molar-refractivity contribution in [1.29, 1.82) is 0 Å². The highest BCUT2D eigenvalue weighted by atomic mass is 16.5. The number of hydrogen-bond acceptors (Lipinski definition) is 4. The third-order valence-electron chi connectivity index (χ3n) is 12.2. The molecule has 4 saturated carbocycles. The molecule has 4 rings (SSSR count). The van der Waals surface area contributed by atoms with Crippen molar-refractivity contribution in [3.63, 3.8) is 0 Å². The molecule has 5 nitrogen and oxygen atoms in total. The first-order valence-corrected chi connectivity index (χ1v) is 15.5.